The molecule has 0 bridgehead atoms. The maximum Gasteiger partial charge on any atom is 0.336 e. The lowest BCUT2D eigenvalue weighted by Gasteiger charge is -2.27. The molecule has 0 spiro atoms. The van der Waals surface area contributed by atoms with Crippen LogP contribution in [0.5, 0.6) is 0 Å². The van der Waals surface area contributed by atoms with E-state index in [-0.39, 0.29) is 5.97 Å². The molecule has 0 aromatic carbocycles. The summed E-state index contributed by atoms with van der Waals surface area (Å²) in [5.41, 5.74) is 2.42. The van der Waals surface area contributed by atoms with E-state index < -0.39 is 0 Å². The van der Waals surface area contributed by atoms with E-state index >= 15 is 0 Å². The smallest absolute Gasteiger partial charge is 0.336 e. The van der Waals surface area contributed by atoms with Crippen molar-refractivity contribution in [1.82, 2.24) is 5.06 Å². The van der Waals surface area contributed by atoms with Gasteiger partial charge in [-0.15, -0.1) is 0 Å². The summed E-state index contributed by atoms with van der Waals surface area (Å²) in [7, 11) is 6.46. The number of hydrogen-bond donors (Lipinski definition) is 0. The average Bonchev–Trinajstić information content (AvgIpc) is 2.81. The number of rotatable bonds is 20. The molecule has 0 fully saturated rings. The molecule has 0 aromatic heterocycles. The zero-order valence-electron chi connectivity index (χ0n) is 26.0. The molecule has 38 heavy (non-hydrogen) atoms. The number of quaternary nitrogens is 1. The van der Waals surface area contributed by atoms with Gasteiger partial charge in [-0.2, -0.15) is 5.06 Å². The zero-order valence-corrected chi connectivity index (χ0v) is 26.8. The minimum Gasteiger partial charge on any atom is -0.371 e. The summed E-state index contributed by atoms with van der Waals surface area (Å²) in [6.07, 6.45) is 16.7. The third-order valence-electron chi connectivity index (χ3n) is 7.37. The van der Waals surface area contributed by atoms with Crippen molar-refractivity contribution in [3.05, 3.63) is 23.3 Å². The van der Waals surface area contributed by atoms with Gasteiger partial charge < -0.3 is 14.1 Å². The maximum absolute atomic E-state index is 12.4. The van der Waals surface area contributed by atoms with Crippen molar-refractivity contribution in [2.75, 3.05) is 47.4 Å². The fourth-order valence-corrected chi connectivity index (χ4v) is 4.94. The highest BCUT2D eigenvalue weighted by molar-refractivity contribution is 7.80. The van der Waals surface area contributed by atoms with Crippen molar-refractivity contribution in [1.29, 1.82) is 0 Å². The molecule has 1 aliphatic rings. The quantitative estimate of drug-likeness (QED) is 0.0665. The van der Waals surface area contributed by atoms with E-state index in [2.05, 4.69) is 55.8 Å². The summed E-state index contributed by atoms with van der Waals surface area (Å²) >= 11 is 5.45. The van der Waals surface area contributed by atoms with Gasteiger partial charge in [-0.25, -0.2) is 4.79 Å². The Morgan fingerprint density at radius 1 is 1.03 bits per heavy atom. The van der Waals surface area contributed by atoms with E-state index in [0.717, 1.165) is 53.8 Å². The predicted molar refractivity (Wildman–Crippen MR) is 165 cm³/mol. The van der Waals surface area contributed by atoms with E-state index in [1.807, 2.05) is 12.2 Å². The molecule has 5 nitrogen and oxygen atoms in total. The molecule has 6 heteroatoms. The monoisotopic (exact) mass is 551 g/mol. The molecule has 0 amide bonds. The van der Waals surface area contributed by atoms with Crippen LogP contribution >= 0.6 is 12.2 Å². The number of carbonyl (C=O) groups is 1. The molecule has 1 rings (SSSR count). The van der Waals surface area contributed by atoms with E-state index in [1.54, 1.807) is 5.06 Å². The molecule has 0 radical (unpaired) electrons. The lowest BCUT2D eigenvalue weighted by atomic mass is 9.91. The molecule has 0 saturated heterocycles. The van der Waals surface area contributed by atoms with Crippen molar-refractivity contribution in [3.8, 4) is 0 Å². The Kier molecular flexibility index (Phi) is 17.3. The molecule has 0 aliphatic carbocycles. The summed E-state index contributed by atoms with van der Waals surface area (Å²) in [5.74, 6) is 2.22. The van der Waals surface area contributed by atoms with Crippen molar-refractivity contribution < 1.29 is 18.9 Å². The second kappa shape index (κ2) is 18.9. The lowest BCUT2D eigenvalue weighted by molar-refractivity contribution is -0.870. The largest absolute Gasteiger partial charge is 0.371 e. The fourth-order valence-electron chi connectivity index (χ4n) is 4.65. The Bertz CT molecular complexity index is 754. The molecular weight excluding hydrogens is 492 g/mol. The Hall–Kier alpha value is -1.24. The van der Waals surface area contributed by atoms with Crippen LogP contribution in [0.15, 0.2) is 23.3 Å². The Labute approximate surface area is 240 Å². The normalized spacial score (nSPS) is 16.6. The zero-order chi connectivity index (χ0) is 28.6. The number of nitrogens with zero attached hydrogens (tertiary/aromatic N) is 2. The third-order valence-corrected chi connectivity index (χ3v) is 7.69. The topological polar surface area (TPSA) is 38.8 Å². The molecule has 0 aromatic rings. The van der Waals surface area contributed by atoms with Crippen LogP contribution in [0.1, 0.15) is 105 Å². The van der Waals surface area contributed by atoms with Gasteiger partial charge in [0, 0.05) is 0 Å². The number of ether oxygens (including phenoxy) is 1. The van der Waals surface area contributed by atoms with Crippen LogP contribution in [0.2, 0.25) is 0 Å². The third kappa shape index (κ3) is 18.1. The van der Waals surface area contributed by atoms with Crippen LogP contribution < -0.4 is 0 Å². The number of thiocarbonyl (C=S) groups is 1. The number of hydrogen-bond acceptors (Lipinski definition) is 4. The van der Waals surface area contributed by atoms with Crippen molar-refractivity contribution in [2.24, 2.45) is 17.8 Å². The fraction of sp³-hybridized carbons (Fsp3) is 0.812. The predicted octanol–water partition coefficient (Wildman–Crippen LogP) is 7.90. The van der Waals surface area contributed by atoms with Crippen LogP contribution in [0.4, 0.5) is 0 Å². The van der Waals surface area contributed by atoms with Gasteiger partial charge in [-0.3, -0.25) is 0 Å². The van der Waals surface area contributed by atoms with Crippen LogP contribution in [-0.2, 0) is 14.4 Å². The second-order valence-corrected chi connectivity index (χ2v) is 13.6. The van der Waals surface area contributed by atoms with E-state index in [9.17, 15) is 4.79 Å². The molecule has 1 heterocycles. The minimum absolute atomic E-state index is 0.251. The number of hydroxylamine groups is 2. The Balaban J connectivity index is 2.20. The summed E-state index contributed by atoms with van der Waals surface area (Å²) in [6.45, 7) is 14.4. The van der Waals surface area contributed by atoms with Crippen LogP contribution in [-0.4, -0.2) is 68.0 Å². The van der Waals surface area contributed by atoms with Crippen LogP contribution in [0.25, 0.3) is 0 Å². The van der Waals surface area contributed by atoms with E-state index in [0.29, 0.717) is 24.6 Å². The minimum atomic E-state index is -0.251. The standard InChI is InChI=1S/C32H59N2O3S/c1-26(2)12-9-13-27(3)14-10-15-28(4)16-11-17-29(5)18-19-32(35)37-33-21-20-30(24-31(33)38)25-36-23-22-34(6,7)8/h18,24,26-28H,9-17,19-23,25H2,1-8H3/q+1/b29-18+. The van der Waals surface area contributed by atoms with Gasteiger partial charge >= 0.3 is 5.97 Å². The summed E-state index contributed by atoms with van der Waals surface area (Å²) in [4.78, 5) is 18.5. The van der Waals surface area contributed by atoms with Gasteiger partial charge in [-0.05, 0) is 55.6 Å². The van der Waals surface area contributed by atoms with Crippen molar-refractivity contribution in [3.63, 3.8) is 0 Å². The van der Waals surface area contributed by atoms with Gasteiger partial charge in [0.2, 0.25) is 0 Å². The van der Waals surface area contributed by atoms with E-state index in [4.69, 9.17) is 21.8 Å². The Morgan fingerprint density at radius 3 is 2.21 bits per heavy atom. The highest BCUT2D eigenvalue weighted by atomic mass is 32.1. The van der Waals surface area contributed by atoms with Crippen molar-refractivity contribution in [2.45, 2.75) is 105 Å². The number of allylic oxidation sites excluding steroid dienone is 1. The summed E-state index contributed by atoms with van der Waals surface area (Å²) < 4.78 is 6.68. The SMILES string of the molecule is C/C(=C\CC(=O)ON1CCC(COCC[N+](C)(C)C)=CC1=S)CCCC(C)CCCC(C)CCCC(C)C. The highest BCUT2D eigenvalue weighted by Gasteiger charge is 2.19. The molecule has 220 valence electrons. The lowest BCUT2D eigenvalue weighted by Crippen LogP contribution is -2.38. The molecular formula is C32H59N2O3S+. The van der Waals surface area contributed by atoms with E-state index in [1.165, 1.54) is 56.9 Å². The number of likely N-dealkylation sites (N-methyl/N-ethyl adjacent to an activating group) is 1. The van der Waals surface area contributed by atoms with Crippen LogP contribution in [0, 0.1) is 17.8 Å². The Morgan fingerprint density at radius 2 is 1.63 bits per heavy atom. The van der Waals surface area contributed by atoms with Gasteiger partial charge in [0.05, 0.1) is 47.3 Å². The van der Waals surface area contributed by atoms with Gasteiger partial charge in [0.25, 0.3) is 0 Å². The van der Waals surface area contributed by atoms with Gasteiger partial charge in [-0.1, -0.05) is 96.5 Å². The average molecular weight is 552 g/mol. The maximum atomic E-state index is 12.4. The molecule has 2 unspecified atom stereocenters. The van der Waals surface area contributed by atoms with Crippen LogP contribution in [0.3, 0.4) is 0 Å². The molecule has 0 N–H and O–H groups in total. The first-order chi connectivity index (χ1) is 17.9. The molecule has 0 saturated carbocycles. The number of carbonyl (C=O) groups excluding carboxylic acids is 1. The van der Waals surface area contributed by atoms with Gasteiger partial charge in [0.1, 0.15) is 11.5 Å². The first-order valence-corrected chi connectivity index (χ1v) is 15.5. The highest BCUT2D eigenvalue weighted by Crippen LogP contribution is 2.22. The van der Waals surface area contributed by atoms with Crippen molar-refractivity contribution >= 4 is 23.2 Å². The molecule has 2 atom stereocenters. The summed E-state index contributed by atoms with van der Waals surface area (Å²) in [6, 6.07) is 0. The first kappa shape index (κ1) is 34.8. The second-order valence-electron chi connectivity index (χ2n) is 13.1. The summed E-state index contributed by atoms with van der Waals surface area (Å²) in [5, 5.41) is 1.54. The first-order valence-electron chi connectivity index (χ1n) is 15.1. The van der Waals surface area contributed by atoms with Gasteiger partial charge in [0.15, 0.2) is 0 Å². The molecule has 1 aliphatic heterocycles.